The van der Waals surface area contributed by atoms with Crippen LogP contribution in [0.2, 0.25) is 5.02 Å². The molecule has 2 heterocycles. The molecule has 0 aliphatic carbocycles. The van der Waals surface area contributed by atoms with Gasteiger partial charge in [-0.1, -0.05) is 41.9 Å². The summed E-state index contributed by atoms with van der Waals surface area (Å²) in [6.07, 6.45) is 3.47. The molecular weight excluding hydrogens is 358 g/mol. The number of aromatic hydroxyl groups is 1. The quantitative estimate of drug-likeness (QED) is 0.494. The number of hydrogen-bond donors (Lipinski definition) is 2. The zero-order valence-corrected chi connectivity index (χ0v) is 15.5. The SMILES string of the molecule is Cc1ccc2ccc(C(Nc3ccccc3Cl)c3ccncc3)c(O)c2n1. The number of aryl methyl sites for hydroxylation is 1. The first-order chi connectivity index (χ1) is 13.1. The average Bonchev–Trinajstić information content (AvgIpc) is 2.69. The summed E-state index contributed by atoms with van der Waals surface area (Å²) in [5.74, 6) is 0.164. The van der Waals surface area contributed by atoms with Crippen LogP contribution in [0.25, 0.3) is 10.9 Å². The highest BCUT2D eigenvalue weighted by Gasteiger charge is 2.20. The van der Waals surface area contributed by atoms with Gasteiger partial charge in [-0.15, -0.1) is 0 Å². The van der Waals surface area contributed by atoms with Crippen LogP contribution in [0.1, 0.15) is 22.9 Å². The third-order valence-corrected chi connectivity index (χ3v) is 4.86. The van der Waals surface area contributed by atoms with Crippen molar-refractivity contribution < 1.29 is 5.11 Å². The summed E-state index contributed by atoms with van der Waals surface area (Å²) >= 11 is 6.35. The summed E-state index contributed by atoms with van der Waals surface area (Å²) in [6.45, 7) is 1.91. The van der Waals surface area contributed by atoms with E-state index in [-0.39, 0.29) is 11.8 Å². The fourth-order valence-electron chi connectivity index (χ4n) is 3.15. The molecule has 2 aromatic carbocycles. The van der Waals surface area contributed by atoms with Crippen molar-refractivity contribution in [1.82, 2.24) is 9.97 Å². The van der Waals surface area contributed by atoms with Crippen LogP contribution in [-0.2, 0) is 0 Å². The molecule has 0 saturated heterocycles. The molecule has 0 fully saturated rings. The summed E-state index contributed by atoms with van der Waals surface area (Å²) in [7, 11) is 0. The Morgan fingerprint density at radius 3 is 2.48 bits per heavy atom. The smallest absolute Gasteiger partial charge is 0.147 e. The van der Waals surface area contributed by atoms with Gasteiger partial charge in [-0.05, 0) is 42.8 Å². The highest BCUT2D eigenvalue weighted by atomic mass is 35.5. The van der Waals surface area contributed by atoms with E-state index in [0.29, 0.717) is 10.5 Å². The van der Waals surface area contributed by atoms with Gasteiger partial charge in [-0.25, -0.2) is 4.98 Å². The highest BCUT2D eigenvalue weighted by Crippen LogP contribution is 2.37. The number of aromatic nitrogens is 2. The molecule has 0 spiro atoms. The van der Waals surface area contributed by atoms with Gasteiger partial charge < -0.3 is 10.4 Å². The number of pyridine rings is 2. The number of halogens is 1. The summed E-state index contributed by atoms with van der Waals surface area (Å²) < 4.78 is 0. The fourth-order valence-corrected chi connectivity index (χ4v) is 3.34. The molecule has 4 aromatic rings. The molecule has 5 heteroatoms. The van der Waals surface area contributed by atoms with Crippen molar-refractivity contribution in [3.8, 4) is 5.75 Å². The van der Waals surface area contributed by atoms with Gasteiger partial charge in [0, 0.05) is 29.0 Å². The van der Waals surface area contributed by atoms with E-state index in [9.17, 15) is 5.11 Å². The number of rotatable bonds is 4. The van der Waals surface area contributed by atoms with Crippen LogP contribution < -0.4 is 5.32 Å². The Bertz CT molecular complexity index is 1100. The first kappa shape index (κ1) is 17.3. The molecule has 1 atom stereocenters. The summed E-state index contributed by atoms with van der Waals surface area (Å²) in [6, 6.07) is 18.9. The Morgan fingerprint density at radius 1 is 0.963 bits per heavy atom. The van der Waals surface area contributed by atoms with Crippen LogP contribution in [0.15, 0.2) is 73.1 Å². The molecule has 0 aliphatic heterocycles. The maximum atomic E-state index is 11.0. The monoisotopic (exact) mass is 375 g/mol. The molecule has 0 radical (unpaired) electrons. The molecule has 0 aliphatic rings. The second-order valence-corrected chi connectivity index (χ2v) is 6.77. The molecule has 4 nitrogen and oxygen atoms in total. The van der Waals surface area contributed by atoms with Crippen molar-refractivity contribution in [2.24, 2.45) is 0 Å². The van der Waals surface area contributed by atoms with E-state index in [2.05, 4.69) is 15.3 Å². The summed E-state index contributed by atoms with van der Waals surface area (Å²) in [5, 5.41) is 16.0. The lowest BCUT2D eigenvalue weighted by atomic mass is 9.96. The van der Waals surface area contributed by atoms with Gasteiger partial charge in [-0.3, -0.25) is 4.98 Å². The zero-order chi connectivity index (χ0) is 18.8. The number of benzene rings is 2. The molecule has 0 amide bonds. The Balaban J connectivity index is 1.87. The lowest BCUT2D eigenvalue weighted by Crippen LogP contribution is -2.13. The van der Waals surface area contributed by atoms with Gasteiger partial charge >= 0.3 is 0 Å². The lowest BCUT2D eigenvalue weighted by Gasteiger charge is -2.23. The standard InChI is InChI=1S/C22H18ClN3O/c1-14-6-7-15-8-9-17(22(27)21(15)25-14)20(16-10-12-24-13-11-16)26-19-5-3-2-4-18(19)23/h2-13,20,26-27H,1H3. The maximum Gasteiger partial charge on any atom is 0.147 e. The van der Waals surface area contributed by atoms with E-state index in [4.69, 9.17) is 11.6 Å². The lowest BCUT2D eigenvalue weighted by molar-refractivity contribution is 0.471. The van der Waals surface area contributed by atoms with Crippen molar-refractivity contribution in [3.05, 3.63) is 94.9 Å². The molecule has 2 N–H and O–H groups in total. The molecule has 2 aromatic heterocycles. The van der Waals surface area contributed by atoms with E-state index in [1.807, 2.05) is 67.6 Å². The molecule has 1 unspecified atom stereocenters. The molecule has 134 valence electrons. The van der Waals surface area contributed by atoms with Crippen LogP contribution in [0.3, 0.4) is 0 Å². The minimum absolute atomic E-state index is 0.164. The first-order valence-electron chi connectivity index (χ1n) is 8.63. The number of para-hydroxylation sites is 1. The Hall–Kier alpha value is -3.11. The van der Waals surface area contributed by atoms with Crippen LogP contribution in [0, 0.1) is 6.92 Å². The minimum atomic E-state index is -0.306. The number of nitrogens with one attached hydrogen (secondary N) is 1. The van der Waals surface area contributed by atoms with Crippen LogP contribution >= 0.6 is 11.6 Å². The number of anilines is 1. The van der Waals surface area contributed by atoms with Crippen molar-refractivity contribution in [2.75, 3.05) is 5.32 Å². The van der Waals surface area contributed by atoms with Crippen molar-refractivity contribution >= 4 is 28.2 Å². The van der Waals surface area contributed by atoms with Gasteiger partial charge in [0.1, 0.15) is 11.3 Å². The van der Waals surface area contributed by atoms with Crippen molar-refractivity contribution in [1.29, 1.82) is 0 Å². The van der Waals surface area contributed by atoms with Crippen LogP contribution in [-0.4, -0.2) is 15.1 Å². The predicted octanol–water partition coefficient (Wildman–Crippen LogP) is 5.50. The molecule has 27 heavy (non-hydrogen) atoms. The van der Waals surface area contributed by atoms with Crippen molar-refractivity contribution in [3.63, 3.8) is 0 Å². The third-order valence-electron chi connectivity index (χ3n) is 4.53. The summed E-state index contributed by atoms with van der Waals surface area (Å²) in [5.41, 5.74) is 3.93. The van der Waals surface area contributed by atoms with Gasteiger partial charge in [-0.2, -0.15) is 0 Å². The Kier molecular flexibility index (Phi) is 4.65. The number of phenolic OH excluding ortho intramolecular Hbond substituents is 1. The number of nitrogens with zero attached hydrogens (tertiary/aromatic N) is 2. The second kappa shape index (κ2) is 7.25. The van der Waals surface area contributed by atoms with Gasteiger partial charge in [0.05, 0.1) is 16.8 Å². The molecule has 0 saturated carbocycles. The molecule has 0 bridgehead atoms. The highest BCUT2D eigenvalue weighted by molar-refractivity contribution is 6.33. The van der Waals surface area contributed by atoms with Gasteiger partial charge in [0.2, 0.25) is 0 Å². The first-order valence-corrected chi connectivity index (χ1v) is 9.01. The largest absolute Gasteiger partial charge is 0.505 e. The Labute approximate surface area is 162 Å². The maximum absolute atomic E-state index is 11.0. The topological polar surface area (TPSA) is 58.0 Å². The fraction of sp³-hybridized carbons (Fsp3) is 0.0909. The van der Waals surface area contributed by atoms with E-state index in [1.54, 1.807) is 12.4 Å². The Morgan fingerprint density at radius 2 is 1.70 bits per heavy atom. The van der Waals surface area contributed by atoms with Crippen molar-refractivity contribution in [2.45, 2.75) is 13.0 Å². The average molecular weight is 376 g/mol. The normalized spacial score (nSPS) is 12.1. The summed E-state index contributed by atoms with van der Waals surface area (Å²) in [4.78, 5) is 8.62. The second-order valence-electron chi connectivity index (χ2n) is 6.37. The van der Waals surface area contributed by atoms with E-state index >= 15 is 0 Å². The van der Waals surface area contributed by atoms with E-state index in [0.717, 1.165) is 27.9 Å². The molecular formula is C22H18ClN3O. The van der Waals surface area contributed by atoms with Gasteiger partial charge in [0.25, 0.3) is 0 Å². The van der Waals surface area contributed by atoms with Crippen LogP contribution in [0.4, 0.5) is 5.69 Å². The minimum Gasteiger partial charge on any atom is -0.505 e. The third kappa shape index (κ3) is 3.44. The molecule has 4 rings (SSSR count). The number of hydrogen-bond acceptors (Lipinski definition) is 4. The van der Waals surface area contributed by atoms with Gasteiger partial charge in [0.15, 0.2) is 0 Å². The number of fused-ring (bicyclic) bond motifs is 1. The van der Waals surface area contributed by atoms with E-state index < -0.39 is 0 Å². The van der Waals surface area contributed by atoms with E-state index in [1.165, 1.54) is 0 Å². The predicted molar refractivity (Wildman–Crippen MR) is 109 cm³/mol. The zero-order valence-electron chi connectivity index (χ0n) is 14.7. The van der Waals surface area contributed by atoms with Crippen LogP contribution in [0.5, 0.6) is 5.75 Å². The number of phenols is 1.